The molecule has 2 unspecified atom stereocenters. The number of hydrogen-bond donors (Lipinski definition) is 3. The largest absolute Gasteiger partial charge is 0.472 e. The Morgan fingerprint density at radius 2 is 0.519 bits per heavy atom. The molecule has 5 atom stereocenters. The third-order valence-electron chi connectivity index (χ3n) is 13.4. The lowest BCUT2D eigenvalue weighted by Crippen LogP contribution is -2.30. The fourth-order valence-corrected chi connectivity index (χ4v) is 10.2. The number of aliphatic hydroxyl groups is 1. The summed E-state index contributed by atoms with van der Waals surface area (Å²) in [6.07, 6.45) is 36.9. The molecule has 0 aliphatic rings. The molecule has 0 rings (SSSR count). The molecule has 0 saturated heterocycles. The van der Waals surface area contributed by atoms with Gasteiger partial charge in [0, 0.05) is 25.7 Å². The fraction of sp³-hybridized carbons (Fsp3) is 0.931. The van der Waals surface area contributed by atoms with Gasteiger partial charge in [0.1, 0.15) is 19.3 Å². The maximum Gasteiger partial charge on any atom is 0.472 e. The molecular formula is C58H112O17P2. The van der Waals surface area contributed by atoms with Crippen LogP contribution < -0.4 is 0 Å². The maximum absolute atomic E-state index is 12.9. The summed E-state index contributed by atoms with van der Waals surface area (Å²) in [6.45, 7) is 4.68. The van der Waals surface area contributed by atoms with E-state index in [1.54, 1.807) is 0 Å². The van der Waals surface area contributed by atoms with Crippen LogP contribution >= 0.6 is 15.6 Å². The first-order valence-electron chi connectivity index (χ1n) is 30.8. The first-order valence-corrected chi connectivity index (χ1v) is 33.8. The van der Waals surface area contributed by atoms with Crippen molar-refractivity contribution in [1.29, 1.82) is 0 Å². The Balaban J connectivity index is 5.04. The predicted molar refractivity (Wildman–Crippen MR) is 303 cm³/mol. The lowest BCUT2D eigenvalue weighted by molar-refractivity contribution is -0.161. The van der Waals surface area contributed by atoms with E-state index in [9.17, 15) is 43.2 Å². The van der Waals surface area contributed by atoms with Crippen molar-refractivity contribution in [2.75, 3.05) is 39.6 Å². The molecule has 0 aromatic heterocycles. The maximum atomic E-state index is 12.9. The Kier molecular flexibility index (Phi) is 52.0. The van der Waals surface area contributed by atoms with Gasteiger partial charge in [-0.25, -0.2) is 9.13 Å². The Hall–Kier alpha value is -1.94. The van der Waals surface area contributed by atoms with Gasteiger partial charge in [-0.3, -0.25) is 37.3 Å². The highest BCUT2D eigenvalue weighted by molar-refractivity contribution is 7.47. The second-order valence-electron chi connectivity index (χ2n) is 21.0. The Morgan fingerprint density at radius 1 is 0.312 bits per heavy atom. The van der Waals surface area contributed by atoms with Crippen LogP contribution in [0, 0.1) is 0 Å². The van der Waals surface area contributed by atoms with Gasteiger partial charge < -0.3 is 33.8 Å². The first kappa shape index (κ1) is 75.1. The van der Waals surface area contributed by atoms with E-state index in [1.165, 1.54) is 89.9 Å². The summed E-state index contributed by atoms with van der Waals surface area (Å²) in [6, 6.07) is 0. The zero-order chi connectivity index (χ0) is 56.9. The summed E-state index contributed by atoms with van der Waals surface area (Å²) < 4.78 is 67.3. The summed E-state index contributed by atoms with van der Waals surface area (Å²) in [5.74, 6) is -2.16. The van der Waals surface area contributed by atoms with Crippen LogP contribution in [-0.2, 0) is 65.4 Å². The topological polar surface area (TPSA) is 237 Å². The Labute approximate surface area is 467 Å². The van der Waals surface area contributed by atoms with Gasteiger partial charge in [0.05, 0.1) is 26.4 Å². The van der Waals surface area contributed by atoms with E-state index >= 15 is 0 Å². The van der Waals surface area contributed by atoms with Crippen LogP contribution in [0.3, 0.4) is 0 Å². The van der Waals surface area contributed by atoms with Crippen LogP contribution in [0.1, 0.15) is 291 Å². The molecule has 0 aromatic rings. The summed E-state index contributed by atoms with van der Waals surface area (Å²) in [5.41, 5.74) is 0. The lowest BCUT2D eigenvalue weighted by Gasteiger charge is -2.21. The minimum Gasteiger partial charge on any atom is -0.462 e. The van der Waals surface area contributed by atoms with Crippen molar-refractivity contribution in [2.24, 2.45) is 0 Å². The number of carbonyl (C=O) groups excluding carboxylic acids is 4. The zero-order valence-corrected chi connectivity index (χ0v) is 50.7. The number of phosphoric acid groups is 2. The molecule has 17 nitrogen and oxygen atoms in total. The van der Waals surface area contributed by atoms with Crippen molar-refractivity contribution in [1.82, 2.24) is 0 Å². The molecule has 3 N–H and O–H groups in total. The van der Waals surface area contributed by atoms with E-state index in [0.29, 0.717) is 25.7 Å². The van der Waals surface area contributed by atoms with Crippen LogP contribution in [-0.4, -0.2) is 96.7 Å². The molecule has 456 valence electrons. The third-order valence-corrected chi connectivity index (χ3v) is 15.3. The van der Waals surface area contributed by atoms with E-state index in [4.69, 9.17) is 37.0 Å². The highest BCUT2D eigenvalue weighted by Crippen LogP contribution is 2.45. The van der Waals surface area contributed by atoms with Crippen LogP contribution in [0.4, 0.5) is 0 Å². The molecule has 0 radical (unpaired) electrons. The minimum absolute atomic E-state index is 0.103. The first-order chi connectivity index (χ1) is 37.2. The van der Waals surface area contributed by atoms with Gasteiger partial charge in [-0.05, 0) is 25.7 Å². The van der Waals surface area contributed by atoms with Crippen LogP contribution in [0.5, 0.6) is 0 Å². The molecular weight excluding hydrogens is 1030 g/mol. The van der Waals surface area contributed by atoms with E-state index < -0.39 is 97.5 Å². The molecule has 0 bridgehead atoms. The monoisotopic (exact) mass is 1140 g/mol. The number of unbranched alkanes of at least 4 members (excludes halogenated alkanes) is 33. The normalized spacial score (nSPS) is 14.3. The minimum atomic E-state index is -4.93. The average Bonchev–Trinajstić information content (AvgIpc) is 3.40. The molecule has 0 spiro atoms. The van der Waals surface area contributed by atoms with Crippen LogP contribution in [0.2, 0.25) is 0 Å². The Bertz CT molecular complexity index is 1500. The standard InChI is InChI=1S/C58H112O17P2/c1-5-9-13-17-20-21-22-23-24-25-26-27-28-29-30-33-37-41-45-58(63)75-54(49-69-56(61)43-39-35-31-18-14-10-6-2)51-73-77(66,67)71-47-52(59)46-70-76(64,65)72-50-53(48-68-55(60)42-38-34-16-12-8-4)74-57(62)44-40-36-32-19-15-11-7-3/h52-54,59H,5-51H2,1-4H3,(H,64,65)(H,66,67)/t52-,53+,54+/m0/s1. The molecule has 0 aliphatic heterocycles. The second-order valence-corrected chi connectivity index (χ2v) is 23.9. The van der Waals surface area contributed by atoms with E-state index in [1.807, 2.05) is 0 Å². The van der Waals surface area contributed by atoms with E-state index in [0.717, 1.165) is 122 Å². The molecule has 0 aromatic carbocycles. The SMILES string of the molecule is CCCCCCCCCCCCCCCCCCCCC(=O)O[C@H](COC(=O)CCCCCCCCC)COP(=O)(O)OC[C@@H](O)COP(=O)(O)OC[C@@H](COC(=O)CCCCCCC)OC(=O)CCCCCCCCC. The van der Waals surface area contributed by atoms with Crippen molar-refractivity contribution in [3.63, 3.8) is 0 Å². The molecule has 0 amide bonds. The van der Waals surface area contributed by atoms with Crippen molar-refractivity contribution in [3.8, 4) is 0 Å². The summed E-state index contributed by atoms with van der Waals surface area (Å²) in [7, 11) is -9.85. The summed E-state index contributed by atoms with van der Waals surface area (Å²) >= 11 is 0. The molecule has 77 heavy (non-hydrogen) atoms. The average molecular weight is 1140 g/mol. The summed E-state index contributed by atoms with van der Waals surface area (Å²) in [4.78, 5) is 71.4. The number of esters is 4. The van der Waals surface area contributed by atoms with E-state index in [-0.39, 0.29) is 25.7 Å². The van der Waals surface area contributed by atoms with Crippen LogP contribution in [0.15, 0.2) is 0 Å². The predicted octanol–water partition coefficient (Wildman–Crippen LogP) is 15.6. The van der Waals surface area contributed by atoms with Crippen molar-refractivity contribution < 1.29 is 80.2 Å². The quantitative estimate of drug-likeness (QED) is 0.0222. The number of ether oxygens (including phenoxy) is 4. The number of rotatable bonds is 59. The number of phosphoric ester groups is 2. The van der Waals surface area contributed by atoms with Gasteiger partial charge in [0.25, 0.3) is 0 Å². The molecule has 0 aliphatic carbocycles. The summed E-state index contributed by atoms with van der Waals surface area (Å²) in [5, 5.41) is 10.5. The lowest BCUT2D eigenvalue weighted by atomic mass is 10.0. The zero-order valence-electron chi connectivity index (χ0n) is 48.9. The molecule has 0 heterocycles. The van der Waals surface area contributed by atoms with Crippen molar-refractivity contribution in [2.45, 2.75) is 309 Å². The molecule has 19 heteroatoms. The third kappa shape index (κ3) is 53.2. The van der Waals surface area contributed by atoms with Crippen molar-refractivity contribution >= 4 is 39.5 Å². The van der Waals surface area contributed by atoms with Gasteiger partial charge in [0.2, 0.25) is 0 Å². The van der Waals surface area contributed by atoms with Crippen LogP contribution in [0.25, 0.3) is 0 Å². The fourth-order valence-electron chi connectivity index (χ4n) is 8.57. The Morgan fingerprint density at radius 3 is 0.766 bits per heavy atom. The smallest absolute Gasteiger partial charge is 0.462 e. The number of carbonyl (C=O) groups is 4. The highest BCUT2D eigenvalue weighted by atomic mass is 31.2. The van der Waals surface area contributed by atoms with Gasteiger partial charge >= 0.3 is 39.5 Å². The van der Waals surface area contributed by atoms with Gasteiger partial charge in [-0.15, -0.1) is 0 Å². The van der Waals surface area contributed by atoms with E-state index in [2.05, 4.69) is 27.7 Å². The van der Waals surface area contributed by atoms with Crippen molar-refractivity contribution in [3.05, 3.63) is 0 Å². The molecule has 0 saturated carbocycles. The van der Waals surface area contributed by atoms with Gasteiger partial charge in [-0.2, -0.15) is 0 Å². The second kappa shape index (κ2) is 53.4. The number of aliphatic hydroxyl groups excluding tert-OH is 1. The van der Waals surface area contributed by atoms with Gasteiger partial charge in [-0.1, -0.05) is 240 Å². The molecule has 0 fully saturated rings. The highest BCUT2D eigenvalue weighted by Gasteiger charge is 2.30. The number of hydrogen-bond acceptors (Lipinski definition) is 15. The van der Waals surface area contributed by atoms with Gasteiger partial charge in [0.15, 0.2) is 12.2 Å².